The Labute approximate surface area is 102 Å². The molecule has 0 bridgehead atoms. The van der Waals surface area contributed by atoms with E-state index in [4.69, 9.17) is 0 Å². The molecule has 0 aromatic heterocycles. The summed E-state index contributed by atoms with van der Waals surface area (Å²) in [5.41, 5.74) is 0.268. The van der Waals surface area contributed by atoms with E-state index in [1.54, 1.807) is 0 Å². The number of rotatable bonds is 4. The molecule has 2 nitrogen and oxygen atoms in total. The lowest BCUT2D eigenvalue weighted by Crippen LogP contribution is -2.39. The third kappa shape index (κ3) is 5.86. The van der Waals surface area contributed by atoms with Gasteiger partial charge in [0.2, 0.25) is 0 Å². The Morgan fingerprint density at radius 2 is 1.94 bits per heavy atom. The average molecular weight is 226 g/mol. The first-order valence-electron chi connectivity index (χ1n) is 6.98. The Bertz CT molecular complexity index is 184. The summed E-state index contributed by atoms with van der Waals surface area (Å²) < 4.78 is 0. The van der Waals surface area contributed by atoms with Gasteiger partial charge in [-0.3, -0.25) is 0 Å². The molecular weight excluding hydrogens is 196 g/mol. The summed E-state index contributed by atoms with van der Waals surface area (Å²) in [6.45, 7) is 12.8. The van der Waals surface area contributed by atoms with Crippen LogP contribution in [0.15, 0.2) is 0 Å². The molecule has 1 rings (SSSR count). The van der Waals surface area contributed by atoms with Crippen LogP contribution in [0.4, 0.5) is 0 Å². The van der Waals surface area contributed by atoms with E-state index in [0.717, 1.165) is 12.6 Å². The van der Waals surface area contributed by atoms with Gasteiger partial charge in [0, 0.05) is 11.6 Å². The van der Waals surface area contributed by atoms with E-state index in [1.165, 1.54) is 45.2 Å². The molecule has 1 unspecified atom stereocenters. The first-order chi connectivity index (χ1) is 7.49. The molecule has 0 saturated carbocycles. The largest absolute Gasteiger partial charge is 0.312 e. The lowest BCUT2D eigenvalue weighted by molar-refractivity contribution is 0.208. The third-order valence-electron chi connectivity index (χ3n) is 3.47. The van der Waals surface area contributed by atoms with Gasteiger partial charge in [0.05, 0.1) is 0 Å². The fourth-order valence-corrected chi connectivity index (χ4v) is 2.41. The molecule has 0 aliphatic carbocycles. The third-order valence-corrected chi connectivity index (χ3v) is 3.47. The maximum Gasteiger partial charge on any atom is 0.00965 e. The molecule has 0 aromatic rings. The zero-order valence-corrected chi connectivity index (χ0v) is 11.7. The van der Waals surface area contributed by atoms with Gasteiger partial charge in [-0.15, -0.1) is 0 Å². The van der Waals surface area contributed by atoms with Gasteiger partial charge in [0.1, 0.15) is 0 Å². The van der Waals surface area contributed by atoms with Crippen LogP contribution in [0.5, 0.6) is 0 Å². The number of likely N-dealkylation sites (tertiary alicyclic amines) is 1. The highest BCUT2D eigenvalue weighted by Gasteiger charge is 2.16. The smallest absolute Gasteiger partial charge is 0.00965 e. The van der Waals surface area contributed by atoms with Crippen molar-refractivity contribution in [2.24, 2.45) is 0 Å². The highest BCUT2D eigenvalue weighted by atomic mass is 15.1. The van der Waals surface area contributed by atoms with E-state index in [2.05, 4.69) is 37.9 Å². The Balaban J connectivity index is 2.15. The molecule has 1 fully saturated rings. The molecule has 96 valence electrons. The molecule has 16 heavy (non-hydrogen) atoms. The van der Waals surface area contributed by atoms with Crippen LogP contribution in [0.1, 0.15) is 59.8 Å². The monoisotopic (exact) mass is 226 g/mol. The van der Waals surface area contributed by atoms with Gasteiger partial charge in [-0.05, 0) is 66.6 Å². The fraction of sp³-hybridized carbons (Fsp3) is 1.00. The summed E-state index contributed by atoms with van der Waals surface area (Å²) in [7, 11) is 0. The molecule has 0 aromatic carbocycles. The molecule has 0 amide bonds. The Hall–Kier alpha value is -0.0800. The summed E-state index contributed by atoms with van der Waals surface area (Å²) in [6, 6.07) is 0.803. The van der Waals surface area contributed by atoms with Crippen LogP contribution in [0.25, 0.3) is 0 Å². The minimum atomic E-state index is 0.268. The first kappa shape index (κ1) is 14.0. The van der Waals surface area contributed by atoms with Crippen molar-refractivity contribution in [3.05, 3.63) is 0 Å². The summed E-state index contributed by atoms with van der Waals surface area (Å²) in [5.74, 6) is 0. The van der Waals surface area contributed by atoms with E-state index in [-0.39, 0.29) is 5.54 Å². The van der Waals surface area contributed by atoms with Gasteiger partial charge in [-0.25, -0.2) is 0 Å². The van der Waals surface area contributed by atoms with Crippen molar-refractivity contribution in [1.29, 1.82) is 0 Å². The van der Waals surface area contributed by atoms with E-state index >= 15 is 0 Å². The molecule has 1 aliphatic rings. The van der Waals surface area contributed by atoms with Crippen LogP contribution in [0.3, 0.4) is 0 Å². The number of nitrogens with zero attached hydrogens (tertiary/aromatic N) is 1. The average Bonchev–Trinajstić information content (AvgIpc) is 2.37. The first-order valence-corrected chi connectivity index (χ1v) is 6.98. The fourth-order valence-electron chi connectivity index (χ4n) is 2.41. The van der Waals surface area contributed by atoms with E-state index in [9.17, 15) is 0 Å². The van der Waals surface area contributed by atoms with Crippen molar-refractivity contribution in [1.82, 2.24) is 10.2 Å². The van der Waals surface area contributed by atoms with Gasteiger partial charge in [0.25, 0.3) is 0 Å². The van der Waals surface area contributed by atoms with E-state index < -0.39 is 0 Å². The summed E-state index contributed by atoms with van der Waals surface area (Å²) in [6.07, 6.45) is 6.93. The minimum absolute atomic E-state index is 0.268. The predicted octanol–water partition coefficient (Wildman–Crippen LogP) is 3.03. The summed E-state index contributed by atoms with van der Waals surface area (Å²) in [4.78, 5) is 2.68. The van der Waals surface area contributed by atoms with Crippen molar-refractivity contribution in [2.75, 3.05) is 19.6 Å². The van der Waals surface area contributed by atoms with Crippen molar-refractivity contribution >= 4 is 0 Å². The van der Waals surface area contributed by atoms with E-state index in [1.807, 2.05) is 0 Å². The maximum absolute atomic E-state index is 3.57. The molecule has 1 aliphatic heterocycles. The van der Waals surface area contributed by atoms with Gasteiger partial charge in [-0.2, -0.15) is 0 Å². The van der Waals surface area contributed by atoms with Crippen molar-refractivity contribution in [3.63, 3.8) is 0 Å². The molecule has 0 radical (unpaired) electrons. The number of hydrogen-bond acceptors (Lipinski definition) is 2. The zero-order valence-electron chi connectivity index (χ0n) is 11.7. The molecule has 2 heteroatoms. The van der Waals surface area contributed by atoms with Gasteiger partial charge < -0.3 is 10.2 Å². The topological polar surface area (TPSA) is 15.3 Å². The second-order valence-electron chi connectivity index (χ2n) is 6.26. The molecule has 1 atom stereocenters. The predicted molar refractivity (Wildman–Crippen MR) is 71.9 cm³/mol. The van der Waals surface area contributed by atoms with Gasteiger partial charge in [-0.1, -0.05) is 12.8 Å². The van der Waals surface area contributed by atoms with Crippen LogP contribution in [0.2, 0.25) is 0 Å². The number of nitrogens with one attached hydrogen (secondary N) is 1. The van der Waals surface area contributed by atoms with Crippen molar-refractivity contribution < 1.29 is 0 Å². The van der Waals surface area contributed by atoms with Gasteiger partial charge in [0.15, 0.2) is 0 Å². The molecular formula is C14H30N2. The van der Waals surface area contributed by atoms with Crippen LogP contribution in [-0.4, -0.2) is 36.1 Å². The van der Waals surface area contributed by atoms with Crippen LogP contribution in [0, 0.1) is 0 Å². The summed E-state index contributed by atoms with van der Waals surface area (Å²) >= 11 is 0. The van der Waals surface area contributed by atoms with Crippen molar-refractivity contribution in [2.45, 2.75) is 71.4 Å². The van der Waals surface area contributed by atoms with Crippen molar-refractivity contribution in [3.8, 4) is 0 Å². The second kappa shape index (κ2) is 6.61. The number of hydrogen-bond donors (Lipinski definition) is 1. The van der Waals surface area contributed by atoms with Crippen LogP contribution < -0.4 is 5.32 Å². The SMILES string of the molecule is CC1CCCCCN1CCCNC(C)(C)C. The molecule has 1 N–H and O–H groups in total. The summed E-state index contributed by atoms with van der Waals surface area (Å²) in [5, 5.41) is 3.57. The lowest BCUT2D eigenvalue weighted by Gasteiger charge is -2.28. The van der Waals surface area contributed by atoms with Gasteiger partial charge >= 0.3 is 0 Å². The van der Waals surface area contributed by atoms with Crippen LogP contribution in [-0.2, 0) is 0 Å². The second-order valence-corrected chi connectivity index (χ2v) is 6.26. The zero-order chi connectivity index (χ0) is 12.0. The lowest BCUT2D eigenvalue weighted by atomic mass is 10.1. The Kier molecular flexibility index (Phi) is 5.77. The normalized spacial score (nSPS) is 24.4. The quantitative estimate of drug-likeness (QED) is 0.741. The minimum Gasteiger partial charge on any atom is -0.312 e. The molecule has 1 heterocycles. The Morgan fingerprint density at radius 3 is 2.62 bits per heavy atom. The highest BCUT2D eigenvalue weighted by molar-refractivity contribution is 4.73. The van der Waals surface area contributed by atoms with E-state index in [0.29, 0.717) is 0 Å². The van der Waals surface area contributed by atoms with Crippen LogP contribution >= 0.6 is 0 Å². The highest BCUT2D eigenvalue weighted by Crippen LogP contribution is 2.16. The molecule has 0 spiro atoms. The Morgan fingerprint density at radius 1 is 1.19 bits per heavy atom. The standard InChI is InChI=1S/C14H30N2/c1-13-9-6-5-7-11-16(13)12-8-10-15-14(2,3)4/h13,15H,5-12H2,1-4H3. The molecule has 1 saturated heterocycles. The maximum atomic E-state index is 3.57.